The summed E-state index contributed by atoms with van der Waals surface area (Å²) in [5, 5.41) is 9.21. The van der Waals surface area contributed by atoms with Crippen molar-refractivity contribution < 1.29 is 14.3 Å². The molecule has 4 rings (SSSR count). The predicted molar refractivity (Wildman–Crippen MR) is 97.2 cm³/mol. The third kappa shape index (κ3) is 3.36. The Morgan fingerprint density at radius 2 is 1.92 bits per heavy atom. The molecule has 2 aromatic carbocycles. The first-order valence-electron chi connectivity index (χ1n) is 8.97. The molecule has 0 radical (unpaired) electrons. The van der Waals surface area contributed by atoms with Gasteiger partial charge in [0.05, 0.1) is 5.92 Å². The van der Waals surface area contributed by atoms with E-state index < -0.39 is 5.97 Å². The van der Waals surface area contributed by atoms with E-state index in [2.05, 4.69) is 28.9 Å². The van der Waals surface area contributed by atoms with Crippen LogP contribution in [-0.2, 0) is 11.2 Å². The van der Waals surface area contributed by atoms with Crippen molar-refractivity contribution in [3.8, 4) is 11.8 Å². The number of carbonyl (C=O) groups is 1. The molecule has 1 unspecified atom stereocenters. The molecule has 1 aliphatic carbocycles. The standard InChI is InChI=1S/C22H20FNO2/c23-19-3-1-2-15(13-19)4-5-16-6-8-20-17(12-16)7-9-21(20)24-11-10-18(14-24)22(25)26/h1-3,6,8,12-13,18,21H,7,9-11,14H2,(H,25,26)/t18-,21?/m0/s1. The quantitative estimate of drug-likeness (QED) is 0.842. The van der Waals surface area contributed by atoms with Gasteiger partial charge in [0.15, 0.2) is 0 Å². The lowest BCUT2D eigenvalue weighted by atomic mass is 10.0. The van der Waals surface area contributed by atoms with Crippen molar-refractivity contribution in [1.82, 2.24) is 4.90 Å². The number of hydrogen-bond acceptors (Lipinski definition) is 2. The van der Waals surface area contributed by atoms with Gasteiger partial charge in [-0.25, -0.2) is 4.39 Å². The number of hydrogen-bond donors (Lipinski definition) is 1. The summed E-state index contributed by atoms with van der Waals surface area (Å²) in [6, 6.07) is 12.9. The zero-order valence-electron chi connectivity index (χ0n) is 14.4. The average Bonchev–Trinajstić information content (AvgIpc) is 3.26. The number of nitrogens with zero attached hydrogens (tertiary/aromatic N) is 1. The first-order valence-corrected chi connectivity index (χ1v) is 8.97. The van der Waals surface area contributed by atoms with E-state index >= 15 is 0 Å². The van der Waals surface area contributed by atoms with Gasteiger partial charge in [-0.1, -0.05) is 24.0 Å². The minimum atomic E-state index is -0.686. The Hall–Kier alpha value is -2.64. The minimum absolute atomic E-state index is 0.240. The molecule has 4 heteroatoms. The Labute approximate surface area is 152 Å². The molecule has 2 aromatic rings. The number of rotatable bonds is 2. The number of likely N-dealkylation sites (tertiary alicyclic amines) is 1. The fraction of sp³-hybridized carbons (Fsp3) is 0.318. The van der Waals surface area contributed by atoms with E-state index in [1.165, 1.54) is 23.3 Å². The van der Waals surface area contributed by atoms with Crippen LogP contribution in [0.15, 0.2) is 42.5 Å². The van der Waals surface area contributed by atoms with Gasteiger partial charge >= 0.3 is 5.97 Å². The zero-order chi connectivity index (χ0) is 18.1. The molecule has 26 heavy (non-hydrogen) atoms. The van der Waals surface area contributed by atoms with Crippen LogP contribution in [0.3, 0.4) is 0 Å². The van der Waals surface area contributed by atoms with Gasteiger partial charge in [-0.2, -0.15) is 0 Å². The Bertz CT molecular complexity index is 912. The molecular formula is C22H20FNO2. The van der Waals surface area contributed by atoms with Crippen LogP contribution in [0, 0.1) is 23.6 Å². The second-order valence-corrected chi connectivity index (χ2v) is 7.05. The minimum Gasteiger partial charge on any atom is -0.481 e. The maximum Gasteiger partial charge on any atom is 0.307 e. The topological polar surface area (TPSA) is 40.5 Å². The fourth-order valence-corrected chi connectivity index (χ4v) is 4.03. The van der Waals surface area contributed by atoms with Crippen LogP contribution in [-0.4, -0.2) is 29.1 Å². The average molecular weight is 349 g/mol. The molecule has 0 amide bonds. The van der Waals surface area contributed by atoms with Gasteiger partial charge in [0, 0.05) is 23.7 Å². The van der Waals surface area contributed by atoms with Gasteiger partial charge in [-0.15, -0.1) is 0 Å². The molecule has 1 heterocycles. The lowest BCUT2D eigenvalue weighted by Crippen LogP contribution is -2.26. The van der Waals surface area contributed by atoms with E-state index in [1.54, 1.807) is 12.1 Å². The number of benzene rings is 2. The van der Waals surface area contributed by atoms with Gasteiger partial charge < -0.3 is 5.11 Å². The Balaban J connectivity index is 1.52. The highest BCUT2D eigenvalue weighted by molar-refractivity contribution is 5.70. The number of aliphatic carboxylic acids is 1. The van der Waals surface area contributed by atoms with E-state index in [0.717, 1.165) is 31.4 Å². The van der Waals surface area contributed by atoms with Gasteiger partial charge in [0.2, 0.25) is 0 Å². The predicted octanol–water partition coefficient (Wildman–Crippen LogP) is 3.62. The molecule has 0 saturated carbocycles. The Morgan fingerprint density at radius 1 is 1.12 bits per heavy atom. The summed E-state index contributed by atoms with van der Waals surface area (Å²) in [6.07, 6.45) is 2.75. The molecule has 1 saturated heterocycles. The Morgan fingerprint density at radius 3 is 2.65 bits per heavy atom. The SMILES string of the molecule is O=C(O)[C@H]1CCN(C2CCc3cc(C#Cc4cccc(F)c4)ccc32)C1. The summed E-state index contributed by atoms with van der Waals surface area (Å²) in [4.78, 5) is 13.5. The normalized spacial score (nSPS) is 21.9. The van der Waals surface area contributed by atoms with E-state index in [1.807, 2.05) is 6.07 Å². The van der Waals surface area contributed by atoms with Crippen molar-refractivity contribution >= 4 is 5.97 Å². The van der Waals surface area contributed by atoms with E-state index in [4.69, 9.17) is 0 Å². The highest BCUT2D eigenvalue weighted by Crippen LogP contribution is 2.38. The monoisotopic (exact) mass is 349 g/mol. The molecule has 2 aliphatic rings. The molecule has 132 valence electrons. The highest BCUT2D eigenvalue weighted by Gasteiger charge is 2.35. The summed E-state index contributed by atoms with van der Waals surface area (Å²) in [5.74, 6) is 4.92. The van der Waals surface area contributed by atoms with Crippen LogP contribution in [0.2, 0.25) is 0 Å². The van der Waals surface area contributed by atoms with Crippen LogP contribution in [0.1, 0.15) is 41.1 Å². The van der Waals surface area contributed by atoms with Crippen molar-refractivity contribution in [2.45, 2.75) is 25.3 Å². The molecule has 1 aliphatic heterocycles. The van der Waals surface area contributed by atoms with E-state index in [0.29, 0.717) is 18.2 Å². The maximum atomic E-state index is 13.2. The summed E-state index contributed by atoms with van der Waals surface area (Å²) in [6.45, 7) is 1.49. The van der Waals surface area contributed by atoms with Crippen molar-refractivity contribution in [2.75, 3.05) is 13.1 Å². The molecule has 0 spiro atoms. The summed E-state index contributed by atoms with van der Waals surface area (Å²) in [7, 11) is 0. The third-order valence-corrected chi connectivity index (χ3v) is 5.37. The molecule has 1 N–H and O–H groups in total. The number of halogens is 1. The van der Waals surface area contributed by atoms with E-state index in [-0.39, 0.29) is 11.7 Å². The number of carboxylic acids is 1. The van der Waals surface area contributed by atoms with Gasteiger partial charge in [0.25, 0.3) is 0 Å². The number of fused-ring (bicyclic) bond motifs is 1. The molecule has 3 nitrogen and oxygen atoms in total. The largest absolute Gasteiger partial charge is 0.481 e. The fourth-order valence-electron chi connectivity index (χ4n) is 4.03. The lowest BCUT2D eigenvalue weighted by molar-refractivity contribution is -0.141. The van der Waals surface area contributed by atoms with Gasteiger partial charge in [-0.05, 0) is 67.3 Å². The van der Waals surface area contributed by atoms with Gasteiger partial charge in [0.1, 0.15) is 5.82 Å². The lowest BCUT2D eigenvalue weighted by Gasteiger charge is -2.24. The van der Waals surface area contributed by atoms with E-state index in [9.17, 15) is 14.3 Å². The second-order valence-electron chi connectivity index (χ2n) is 7.05. The van der Waals surface area contributed by atoms with Crippen LogP contribution in [0.5, 0.6) is 0 Å². The summed E-state index contributed by atoms with van der Waals surface area (Å²) < 4.78 is 13.2. The van der Waals surface area contributed by atoms with Crippen LogP contribution >= 0.6 is 0 Å². The van der Waals surface area contributed by atoms with Gasteiger partial charge in [-0.3, -0.25) is 9.69 Å². The van der Waals surface area contributed by atoms with Crippen LogP contribution < -0.4 is 0 Å². The highest BCUT2D eigenvalue weighted by atomic mass is 19.1. The van der Waals surface area contributed by atoms with Crippen molar-refractivity contribution in [3.05, 3.63) is 70.5 Å². The van der Waals surface area contributed by atoms with Crippen molar-refractivity contribution in [2.24, 2.45) is 5.92 Å². The summed E-state index contributed by atoms with van der Waals surface area (Å²) in [5.41, 5.74) is 4.19. The molecule has 0 aromatic heterocycles. The Kier molecular flexibility index (Phi) is 4.48. The maximum absolute atomic E-state index is 13.2. The van der Waals surface area contributed by atoms with Crippen molar-refractivity contribution in [3.63, 3.8) is 0 Å². The third-order valence-electron chi connectivity index (χ3n) is 5.37. The van der Waals surface area contributed by atoms with Crippen LogP contribution in [0.4, 0.5) is 4.39 Å². The second kappa shape index (κ2) is 6.93. The summed E-state index contributed by atoms with van der Waals surface area (Å²) >= 11 is 0. The molecule has 0 bridgehead atoms. The molecule has 1 fully saturated rings. The molecular weight excluding hydrogens is 329 g/mol. The molecule has 2 atom stereocenters. The smallest absolute Gasteiger partial charge is 0.307 e. The first kappa shape index (κ1) is 16.8. The number of carboxylic acid groups (broad SMARTS) is 1. The van der Waals surface area contributed by atoms with Crippen molar-refractivity contribution in [1.29, 1.82) is 0 Å². The van der Waals surface area contributed by atoms with Crippen LogP contribution in [0.25, 0.3) is 0 Å². The number of aryl methyl sites for hydroxylation is 1. The zero-order valence-corrected chi connectivity index (χ0v) is 14.4. The first-order chi connectivity index (χ1) is 12.6.